The molecule has 1 aliphatic carbocycles. The standard InChI is InChI=1S/C19H19N7O/c1-12-8-25(18(27)19(12,11-20)14-3-4-14)16-5-6-21-26-10-15(23-17(16)26)13-7-22-24(2)9-13/h5-7,9-10,12,14H,3-4,8H2,1-2H3/t12-,19+/m1/s1. The van der Waals surface area contributed by atoms with E-state index in [-0.39, 0.29) is 17.7 Å². The Morgan fingerprint density at radius 1 is 1.30 bits per heavy atom. The highest BCUT2D eigenvalue weighted by Crippen LogP contribution is 2.54. The fraction of sp³-hybridized carbons (Fsp3) is 0.421. The first-order valence-corrected chi connectivity index (χ1v) is 9.11. The summed E-state index contributed by atoms with van der Waals surface area (Å²) in [7, 11) is 1.85. The lowest BCUT2D eigenvalue weighted by Crippen LogP contribution is -2.37. The summed E-state index contributed by atoms with van der Waals surface area (Å²) >= 11 is 0. The van der Waals surface area contributed by atoms with Gasteiger partial charge >= 0.3 is 0 Å². The van der Waals surface area contributed by atoms with Gasteiger partial charge in [-0.3, -0.25) is 9.48 Å². The number of amides is 1. The normalized spacial score (nSPS) is 25.3. The lowest BCUT2D eigenvalue weighted by Gasteiger charge is -2.23. The predicted molar refractivity (Wildman–Crippen MR) is 97.5 cm³/mol. The van der Waals surface area contributed by atoms with Crippen molar-refractivity contribution in [1.82, 2.24) is 24.4 Å². The van der Waals surface area contributed by atoms with E-state index in [0.717, 1.165) is 24.1 Å². The van der Waals surface area contributed by atoms with Gasteiger partial charge in [0.15, 0.2) is 5.65 Å². The molecule has 27 heavy (non-hydrogen) atoms. The van der Waals surface area contributed by atoms with Crippen LogP contribution in [0.1, 0.15) is 19.8 Å². The highest BCUT2D eigenvalue weighted by atomic mass is 16.2. The monoisotopic (exact) mass is 361 g/mol. The first-order chi connectivity index (χ1) is 13.0. The Morgan fingerprint density at radius 2 is 2.11 bits per heavy atom. The Morgan fingerprint density at radius 3 is 2.78 bits per heavy atom. The quantitative estimate of drug-likeness (QED) is 0.712. The Balaban J connectivity index is 1.60. The molecular weight excluding hydrogens is 342 g/mol. The summed E-state index contributed by atoms with van der Waals surface area (Å²) in [6.45, 7) is 2.53. The zero-order chi connectivity index (χ0) is 18.8. The molecule has 0 aromatic carbocycles. The average Bonchev–Trinajstić information content (AvgIpc) is 3.16. The third-order valence-corrected chi connectivity index (χ3v) is 5.87. The maximum absolute atomic E-state index is 13.3. The molecule has 8 nitrogen and oxygen atoms in total. The zero-order valence-corrected chi connectivity index (χ0v) is 15.2. The van der Waals surface area contributed by atoms with Crippen LogP contribution in [0.25, 0.3) is 16.9 Å². The molecule has 0 bridgehead atoms. The maximum Gasteiger partial charge on any atom is 0.248 e. The van der Waals surface area contributed by atoms with Crippen molar-refractivity contribution in [2.45, 2.75) is 19.8 Å². The number of carbonyl (C=O) groups excluding carboxylic acids is 1. The smallest absolute Gasteiger partial charge is 0.248 e. The molecule has 3 aromatic heterocycles. The van der Waals surface area contributed by atoms with Crippen molar-refractivity contribution in [3.05, 3.63) is 30.9 Å². The molecule has 2 atom stereocenters. The van der Waals surface area contributed by atoms with Gasteiger partial charge < -0.3 is 4.90 Å². The molecule has 5 rings (SSSR count). The summed E-state index contributed by atoms with van der Waals surface area (Å²) in [5.41, 5.74) is 2.05. The van der Waals surface area contributed by atoms with Gasteiger partial charge in [0.05, 0.1) is 36.0 Å². The maximum atomic E-state index is 13.3. The van der Waals surface area contributed by atoms with E-state index < -0.39 is 5.41 Å². The summed E-state index contributed by atoms with van der Waals surface area (Å²) < 4.78 is 3.40. The van der Waals surface area contributed by atoms with Crippen molar-refractivity contribution in [3.63, 3.8) is 0 Å². The zero-order valence-electron chi connectivity index (χ0n) is 15.2. The van der Waals surface area contributed by atoms with Crippen LogP contribution in [-0.4, -0.2) is 36.8 Å². The fourth-order valence-electron chi connectivity index (χ4n) is 4.29. The second kappa shape index (κ2) is 5.39. The van der Waals surface area contributed by atoms with Crippen molar-refractivity contribution in [1.29, 1.82) is 5.26 Å². The van der Waals surface area contributed by atoms with Crippen LogP contribution in [-0.2, 0) is 11.8 Å². The summed E-state index contributed by atoms with van der Waals surface area (Å²) in [4.78, 5) is 19.7. The molecule has 8 heteroatoms. The Kier molecular flexibility index (Phi) is 3.20. The minimum absolute atomic E-state index is 0.0107. The number of anilines is 1. The molecule has 1 amide bonds. The number of carbonyl (C=O) groups is 1. The molecule has 1 saturated carbocycles. The number of nitrogens with zero attached hydrogens (tertiary/aromatic N) is 7. The summed E-state index contributed by atoms with van der Waals surface area (Å²) in [6.07, 6.45) is 9.04. The van der Waals surface area contributed by atoms with Gasteiger partial charge in [0.2, 0.25) is 5.91 Å². The van der Waals surface area contributed by atoms with Crippen LogP contribution in [0.4, 0.5) is 5.69 Å². The van der Waals surface area contributed by atoms with Crippen LogP contribution < -0.4 is 4.90 Å². The van der Waals surface area contributed by atoms with Crippen LogP contribution in [0.15, 0.2) is 30.9 Å². The summed E-state index contributed by atoms with van der Waals surface area (Å²) in [5.74, 6) is 0.0704. The van der Waals surface area contributed by atoms with Gasteiger partial charge in [0.25, 0.3) is 0 Å². The number of hydrogen-bond donors (Lipinski definition) is 0. The predicted octanol–water partition coefficient (Wildman–Crippen LogP) is 2.03. The summed E-state index contributed by atoms with van der Waals surface area (Å²) in [5, 5.41) is 18.4. The Labute approximate surface area is 156 Å². The van der Waals surface area contributed by atoms with Crippen LogP contribution in [0.5, 0.6) is 0 Å². The number of rotatable bonds is 3. The number of nitriles is 1. The highest BCUT2D eigenvalue weighted by Gasteiger charge is 2.61. The molecule has 1 saturated heterocycles. The molecule has 0 N–H and O–H groups in total. The van der Waals surface area contributed by atoms with Gasteiger partial charge in [0, 0.05) is 31.3 Å². The van der Waals surface area contributed by atoms with Crippen molar-refractivity contribution >= 4 is 17.2 Å². The SMILES string of the molecule is C[C@@H]1CN(c2ccnn3cc(-c4cnn(C)c4)nc23)C(=O)[C@]1(C#N)C1CC1. The average molecular weight is 361 g/mol. The minimum Gasteiger partial charge on any atom is -0.307 e. The largest absolute Gasteiger partial charge is 0.307 e. The van der Waals surface area contributed by atoms with Gasteiger partial charge in [0.1, 0.15) is 5.41 Å². The first-order valence-electron chi connectivity index (χ1n) is 9.11. The molecule has 4 heterocycles. The molecule has 2 fully saturated rings. The van der Waals surface area contributed by atoms with Crippen molar-refractivity contribution in [2.24, 2.45) is 24.3 Å². The second-order valence-electron chi connectivity index (χ2n) is 7.59. The van der Waals surface area contributed by atoms with Crippen LogP contribution in [0.3, 0.4) is 0 Å². The third-order valence-electron chi connectivity index (χ3n) is 5.87. The minimum atomic E-state index is -0.904. The van der Waals surface area contributed by atoms with Crippen molar-refractivity contribution < 1.29 is 4.79 Å². The summed E-state index contributed by atoms with van der Waals surface area (Å²) in [6, 6.07) is 4.18. The lowest BCUT2D eigenvalue weighted by molar-refractivity contribution is -0.124. The highest BCUT2D eigenvalue weighted by molar-refractivity contribution is 6.04. The molecule has 136 valence electrons. The second-order valence-corrected chi connectivity index (χ2v) is 7.59. The van der Waals surface area contributed by atoms with E-state index in [1.54, 1.807) is 32.6 Å². The third kappa shape index (κ3) is 2.14. The molecule has 3 aromatic rings. The van der Waals surface area contributed by atoms with Crippen LogP contribution in [0, 0.1) is 28.6 Å². The Bertz CT molecular complexity index is 1100. The van der Waals surface area contributed by atoms with Crippen molar-refractivity contribution in [3.8, 4) is 17.3 Å². The van der Waals surface area contributed by atoms with E-state index in [9.17, 15) is 10.1 Å². The van der Waals surface area contributed by atoms with E-state index in [4.69, 9.17) is 4.98 Å². The van der Waals surface area contributed by atoms with Gasteiger partial charge in [-0.1, -0.05) is 6.92 Å². The fourth-order valence-corrected chi connectivity index (χ4v) is 4.29. The van der Waals surface area contributed by atoms with E-state index in [2.05, 4.69) is 16.3 Å². The number of aromatic nitrogens is 5. The molecule has 0 unspecified atom stereocenters. The molecule has 0 radical (unpaired) electrons. The van der Waals surface area contributed by atoms with Gasteiger partial charge in [-0.25, -0.2) is 9.50 Å². The van der Waals surface area contributed by atoms with E-state index in [1.165, 1.54) is 0 Å². The molecule has 1 aliphatic heterocycles. The number of fused-ring (bicyclic) bond motifs is 1. The van der Waals surface area contributed by atoms with Gasteiger partial charge in [-0.15, -0.1) is 0 Å². The first kappa shape index (κ1) is 16.0. The van der Waals surface area contributed by atoms with E-state index in [0.29, 0.717) is 17.9 Å². The van der Waals surface area contributed by atoms with Gasteiger partial charge in [-0.05, 0) is 24.8 Å². The van der Waals surface area contributed by atoms with E-state index >= 15 is 0 Å². The van der Waals surface area contributed by atoms with E-state index in [1.807, 2.05) is 26.4 Å². The lowest BCUT2D eigenvalue weighted by atomic mass is 9.75. The van der Waals surface area contributed by atoms with Crippen LogP contribution in [0.2, 0.25) is 0 Å². The Hall–Kier alpha value is -3.21. The van der Waals surface area contributed by atoms with Gasteiger partial charge in [-0.2, -0.15) is 15.5 Å². The number of hydrogen-bond acceptors (Lipinski definition) is 5. The number of imidazole rings is 1. The topological polar surface area (TPSA) is 92.1 Å². The molecule has 2 aliphatic rings. The van der Waals surface area contributed by atoms with Crippen LogP contribution >= 0.6 is 0 Å². The number of aryl methyl sites for hydroxylation is 1. The van der Waals surface area contributed by atoms with Crippen molar-refractivity contribution in [2.75, 3.05) is 11.4 Å². The molecule has 0 spiro atoms. The molecular formula is C19H19N7O.